The lowest BCUT2D eigenvalue weighted by Gasteiger charge is -2.26. The van der Waals surface area contributed by atoms with Crippen molar-refractivity contribution in [2.24, 2.45) is 0 Å². The van der Waals surface area contributed by atoms with Crippen LogP contribution in [0.5, 0.6) is 0 Å². The standard InChI is InChI=1S/C21H24N4O5S2/c1-16-15-17(2)25(22-16)19-5-3-18(4-6-19)23-31(26,27)20-7-9-21(10-8-20)32(28,29)24-11-13-30-14-12-24/h3-10,15,23H,11-14H2,1-2H3. The molecule has 1 fully saturated rings. The average molecular weight is 477 g/mol. The van der Waals surface area contributed by atoms with Crippen molar-refractivity contribution in [1.29, 1.82) is 0 Å². The topological polar surface area (TPSA) is 111 Å². The predicted octanol–water partition coefficient (Wildman–Crippen LogP) is 2.31. The minimum absolute atomic E-state index is 0.0268. The fourth-order valence-electron chi connectivity index (χ4n) is 3.50. The number of nitrogens with one attached hydrogen (secondary N) is 1. The molecule has 0 atom stereocenters. The lowest BCUT2D eigenvalue weighted by atomic mass is 10.3. The normalized spacial score (nSPS) is 15.6. The molecule has 2 heterocycles. The smallest absolute Gasteiger partial charge is 0.261 e. The van der Waals surface area contributed by atoms with E-state index >= 15 is 0 Å². The number of hydrogen-bond acceptors (Lipinski definition) is 6. The first-order chi connectivity index (χ1) is 15.2. The Morgan fingerprint density at radius 3 is 2.03 bits per heavy atom. The number of aromatic nitrogens is 2. The fraction of sp³-hybridized carbons (Fsp3) is 0.286. The summed E-state index contributed by atoms with van der Waals surface area (Å²) in [6, 6.07) is 14.0. The molecule has 1 aliphatic rings. The summed E-state index contributed by atoms with van der Waals surface area (Å²) in [5.41, 5.74) is 3.07. The van der Waals surface area contributed by atoms with Crippen molar-refractivity contribution in [1.82, 2.24) is 14.1 Å². The highest BCUT2D eigenvalue weighted by Gasteiger charge is 2.26. The Bertz CT molecular complexity index is 1310. The van der Waals surface area contributed by atoms with Gasteiger partial charge in [-0.25, -0.2) is 21.5 Å². The molecule has 1 saturated heterocycles. The van der Waals surface area contributed by atoms with Gasteiger partial charge < -0.3 is 4.74 Å². The van der Waals surface area contributed by atoms with Crippen molar-refractivity contribution < 1.29 is 21.6 Å². The number of sulfonamides is 2. The SMILES string of the molecule is Cc1cc(C)n(-c2ccc(NS(=O)(=O)c3ccc(S(=O)(=O)N4CCOCC4)cc3)cc2)n1. The largest absolute Gasteiger partial charge is 0.379 e. The van der Waals surface area contributed by atoms with Gasteiger partial charge in [-0.3, -0.25) is 4.72 Å². The van der Waals surface area contributed by atoms with Crippen LogP contribution in [0.15, 0.2) is 64.4 Å². The highest BCUT2D eigenvalue weighted by Crippen LogP contribution is 2.22. The number of rotatable bonds is 6. The third-order valence-corrected chi connectivity index (χ3v) is 8.43. The number of benzene rings is 2. The first kappa shape index (κ1) is 22.5. The zero-order valence-electron chi connectivity index (χ0n) is 17.7. The van der Waals surface area contributed by atoms with E-state index in [2.05, 4.69) is 9.82 Å². The quantitative estimate of drug-likeness (QED) is 0.585. The summed E-state index contributed by atoms with van der Waals surface area (Å²) in [5, 5.41) is 4.41. The van der Waals surface area contributed by atoms with Crippen LogP contribution < -0.4 is 4.72 Å². The molecule has 0 radical (unpaired) electrons. The Kier molecular flexibility index (Phi) is 6.08. The summed E-state index contributed by atoms with van der Waals surface area (Å²) in [6.07, 6.45) is 0. The van der Waals surface area contributed by atoms with Gasteiger partial charge in [0.1, 0.15) is 0 Å². The van der Waals surface area contributed by atoms with Crippen molar-refractivity contribution in [3.05, 3.63) is 66.0 Å². The lowest BCUT2D eigenvalue weighted by Crippen LogP contribution is -2.40. The van der Waals surface area contributed by atoms with Gasteiger partial charge in [0, 0.05) is 24.5 Å². The second kappa shape index (κ2) is 8.66. The van der Waals surface area contributed by atoms with Gasteiger partial charge in [-0.1, -0.05) is 0 Å². The van der Waals surface area contributed by atoms with Crippen LogP contribution >= 0.6 is 0 Å². The first-order valence-corrected chi connectivity index (χ1v) is 12.9. The van der Waals surface area contributed by atoms with Crippen LogP contribution in [0.3, 0.4) is 0 Å². The molecule has 2 aromatic carbocycles. The van der Waals surface area contributed by atoms with E-state index < -0.39 is 20.0 Å². The lowest BCUT2D eigenvalue weighted by molar-refractivity contribution is 0.0730. The third-order valence-electron chi connectivity index (χ3n) is 5.12. The van der Waals surface area contributed by atoms with Gasteiger partial charge in [0.05, 0.1) is 34.4 Å². The van der Waals surface area contributed by atoms with Crippen molar-refractivity contribution >= 4 is 25.7 Å². The van der Waals surface area contributed by atoms with E-state index in [9.17, 15) is 16.8 Å². The van der Waals surface area contributed by atoms with E-state index in [-0.39, 0.29) is 22.9 Å². The van der Waals surface area contributed by atoms with Gasteiger partial charge in [-0.2, -0.15) is 9.40 Å². The molecule has 0 amide bonds. The van der Waals surface area contributed by atoms with Gasteiger partial charge in [0.15, 0.2) is 0 Å². The molecule has 4 rings (SSSR count). The monoisotopic (exact) mass is 476 g/mol. The molecule has 11 heteroatoms. The van der Waals surface area contributed by atoms with Crippen LogP contribution in [0.1, 0.15) is 11.4 Å². The average Bonchev–Trinajstić information content (AvgIpc) is 3.12. The Morgan fingerprint density at radius 1 is 0.875 bits per heavy atom. The van der Waals surface area contributed by atoms with Gasteiger partial charge >= 0.3 is 0 Å². The second-order valence-electron chi connectivity index (χ2n) is 7.48. The molecule has 1 N–H and O–H groups in total. The fourth-order valence-corrected chi connectivity index (χ4v) is 5.97. The number of nitrogens with zero attached hydrogens (tertiary/aromatic N) is 3. The molecule has 0 unspecified atom stereocenters. The Hall–Kier alpha value is -2.73. The zero-order valence-corrected chi connectivity index (χ0v) is 19.4. The highest BCUT2D eigenvalue weighted by atomic mass is 32.2. The van der Waals surface area contributed by atoms with Gasteiger partial charge in [-0.15, -0.1) is 0 Å². The number of morpholine rings is 1. The molecule has 1 aliphatic heterocycles. The summed E-state index contributed by atoms with van der Waals surface area (Å²) in [7, 11) is -7.57. The molecule has 3 aromatic rings. The molecular weight excluding hydrogens is 452 g/mol. The maximum absolute atomic E-state index is 12.8. The number of hydrogen-bond donors (Lipinski definition) is 1. The van der Waals surface area contributed by atoms with Crippen LogP contribution in [-0.4, -0.2) is 57.2 Å². The van der Waals surface area contributed by atoms with E-state index in [0.717, 1.165) is 17.1 Å². The Labute approximate surface area is 187 Å². The van der Waals surface area contributed by atoms with E-state index in [1.165, 1.54) is 28.6 Å². The van der Waals surface area contributed by atoms with Crippen LogP contribution in [-0.2, 0) is 24.8 Å². The highest BCUT2D eigenvalue weighted by molar-refractivity contribution is 7.92. The van der Waals surface area contributed by atoms with E-state index in [4.69, 9.17) is 4.74 Å². The zero-order chi connectivity index (χ0) is 22.9. The molecule has 170 valence electrons. The summed E-state index contributed by atoms with van der Waals surface area (Å²) in [5.74, 6) is 0. The second-order valence-corrected chi connectivity index (χ2v) is 11.1. The van der Waals surface area contributed by atoms with E-state index in [1.54, 1.807) is 28.9 Å². The molecule has 32 heavy (non-hydrogen) atoms. The molecule has 0 saturated carbocycles. The molecular formula is C21H24N4O5S2. The minimum Gasteiger partial charge on any atom is -0.379 e. The van der Waals surface area contributed by atoms with E-state index in [1.807, 2.05) is 19.9 Å². The Balaban J connectivity index is 1.50. The number of anilines is 1. The van der Waals surface area contributed by atoms with Crippen LogP contribution in [0.2, 0.25) is 0 Å². The van der Waals surface area contributed by atoms with Crippen molar-refractivity contribution in [2.45, 2.75) is 23.6 Å². The number of ether oxygens (including phenoxy) is 1. The van der Waals surface area contributed by atoms with Crippen LogP contribution in [0, 0.1) is 13.8 Å². The predicted molar refractivity (Wildman–Crippen MR) is 120 cm³/mol. The van der Waals surface area contributed by atoms with Gasteiger partial charge in [-0.05, 0) is 68.4 Å². The van der Waals surface area contributed by atoms with Crippen molar-refractivity contribution in [2.75, 3.05) is 31.0 Å². The molecule has 1 aromatic heterocycles. The molecule has 0 aliphatic carbocycles. The summed E-state index contributed by atoms with van der Waals surface area (Å²) in [6.45, 7) is 5.08. The molecule has 0 spiro atoms. The van der Waals surface area contributed by atoms with Crippen molar-refractivity contribution in [3.8, 4) is 5.69 Å². The van der Waals surface area contributed by atoms with Crippen LogP contribution in [0.4, 0.5) is 5.69 Å². The van der Waals surface area contributed by atoms with Gasteiger partial charge in [0.25, 0.3) is 10.0 Å². The maximum atomic E-state index is 12.8. The van der Waals surface area contributed by atoms with Crippen LogP contribution in [0.25, 0.3) is 5.69 Å². The van der Waals surface area contributed by atoms with E-state index in [0.29, 0.717) is 18.9 Å². The van der Waals surface area contributed by atoms with Crippen molar-refractivity contribution in [3.63, 3.8) is 0 Å². The minimum atomic E-state index is -3.88. The molecule has 9 nitrogen and oxygen atoms in total. The third kappa shape index (κ3) is 4.56. The number of aryl methyl sites for hydroxylation is 2. The first-order valence-electron chi connectivity index (χ1n) is 10.0. The molecule has 0 bridgehead atoms. The maximum Gasteiger partial charge on any atom is 0.261 e. The summed E-state index contributed by atoms with van der Waals surface area (Å²) < 4.78 is 61.8. The van der Waals surface area contributed by atoms with Gasteiger partial charge in [0.2, 0.25) is 10.0 Å². The summed E-state index contributed by atoms with van der Waals surface area (Å²) in [4.78, 5) is 0.0219. The summed E-state index contributed by atoms with van der Waals surface area (Å²) >= 11 is 0. The Morgan fingerprint density at radius 2 is 1.47 bits per heavy atom.